The Hall–Kier alpha value is -1.39. The lowest BCUT2D eigenvalue weighted by molar-refractivity contribution is 0.170. The lowest BCUT2D eigenvalue weighted by Crippen LogP contribution is -2.43. The molecule has 0 spiro atoms. The third-order valence-electron chi connectivity index (χ3n) is 4.58. The van der Waals surface area contributed by atoms with Crippen molar-refractivity contribution in [3.8, 4) is 0 Å². The summed E-state index contributed by atoms with van der Waals surface area (Å²) >= 11 is 0. The molecule has 0 radical (unpaired) electrons. The fourth-order valence-corrected chi connectivity index (χ4v) is 3.31. The van der Waals surface area contributed by atoms with Crippen molar-refractivity contribution in [2.24, 2.45) is 7.05 Å². The number of fused-ring (bicyclic) bond motifs is 1. The van der Waals surface area contributed by atoms with E-state index in [4.69, 9.17) is 0 Å². The molecule has 4 nitrogen and oxygen atoms in total. The Balaban J connectivity index is 1.57. The molecule has 0 amide bonds. The molecule has 1 aromatic heterocycles. The van der Waals surface area contributed by atoms with Gasteiger partial charge in [0.05, 0.1) is 11.2 Å². The fraction of sp³-hybridized carbons (Fsp3) is 0.588. The van der Waals surface area contributed by atoms with Gasteiger partial charge in [-0.05, 0) is 38.9 Å². The lowest BCUT2D eigenvalue weighted by Gasteiger charge is -2.32. The molecule has 2 aromatic rings. The number of likely N-dealkylation sites (tertiary alicyclic amines) is 1. The number of hydrogen-bond donors (Lipinski definition) is 1. The molecule has 0 bridgehead atoms. The molecule has 1 aliphatic heterocycles. The van der Waals surface area contributed by atoms with Crippen LogP contribution in [0.5, 0.6) is 0 Å². The first kappa shape index (κ1) is 14.5. The summed E-state index contributed by atoms with van der Waals surface area (Å²) in [4.78, 5) is 2.60. The summed E-state index contributed by atoms with van der Waals surface area (Å²) in [6.45, 7) is 6.73. The Morgan fingerprint density at radius 2 is 1.95 bits per heavy atom. The van der Waals surface area contributed by atoms with Gasteiger partial charge in [0.25, 0.3) is 0 Å². The summed E-state index contributed by atoms with van der Waals surface area (Å²) in [7, 11) is 2.02. The highest BCUT2D eigenvalue weighted by atomic mass is 15.3. The van der Waals surface area contributed by atoms with Gasteiger partial charge < -0.3 is 5.32 Å². The molecule has 1 saturated heterocycles. The summed E-state index contributed by atoms with van der Waals surface area (Å²) in [5, 5.41) is 9.49. The first-order valence-electron chi connectivity index (χ1n) is 8.11. The van der Waals surface area contributed by atoms with Gasteiger partial charge in [0.15, 0.2) is 0 Å². The van der Waals surface area contributed by atoms with Crippen LogP contribution in [0.25, 0.3) is 10.9 Å². The molecule has 4 heteroatoms. The van der Waals surface area contributed by atoms with Gasteiger partial charge in [-0.25, -0.2) is 0 Å². The van der Waals surface area contributed by atoms with Crippen molar-refractivity contribution in [2.75, 3.05) is 19.6 Å². The van der Waals surface area contributed by atoms with Crippen LogP contribution in [0.4, 0.5) is 0 Å². The molecule has 2 heterocycles. The van der Waals surface area contributed by atoms with Gasteiger partial charge in [-0.3, -0.25) is 9.58 Å². The van der Waals surface area contributed by atoms with E-state index in [1.165, 1.54) is 43.3 Å². The Bertz CT molecular complexity index is 583. The predicted molar refractivity (Wildman–Crippen MR) is 87.3 cm³/mol. The summed E-state index contributed by atoms with van der Waals surface area (Å²) in [5.74, 6) is 0. The van der Waals surface area contributed by atoms with Crippen LogP contribution < -0.4 is 5.32 Å². The van der Waals surface area contributed by atoms with Crippen LogP contribution in [-0.4, -0.2) is 40.4 Å². The molecule has 1 fully saturated rings. The van der Waals surface area contributed by atoms with Crippen LogP contribution in [0.3, 0.4) is 0 Å². The first-order valence-corrected chi connectivity index (χ1v) is 8.11. The van der Waals surface area contributed by atoms with E-state index in [9.17, 15) is 0 Å². The molecule has 1 aliphatic rings. The number of rotatable bonds is 5. The number of piperidine rings is 1. The number of aromatic nitrogens is 2. The van der Waals surface area contributed by atoms with E-state index in [0.717, 1.165) is 18.8 Å². The quantitative estimate of drug-likeness (QED) is 0.917. The van der Waals surface area contributed by atoms with Crippen molar-refractivity contribution in [1.82, 2.24) is 20.0 Å². The largest absolute Gasteiger partial charge is 0.310 e. The minimum Gasteiger partial charge on any atom is -0.310 e. The monoisotopic (exact) mass is 286 g/mol. The second kappa shape index (κ2) is 6.58. The van der Waals surface area contributed by atoms with Gasteiger partial charge in [0.1, 0.15) is 0 Å². The Kier molecular flexibility index (Phi) is 4.56. The molecule has 1 atom stereocenters. The SMILES string of the molecule is CC(CNCc1nn(C)c2ccccc12)N1CCCCC1. The van der Waals surface area contributed by atoms with Crippen molar-refractivity contribution < 1.29 is 0 Å². The summed E-state index contributed by atoms with van der Waals surface area (Å²) in [6, 6.07) is 9.05. The lowest BCUT2D eigenvalue weighted by atomic mass is 10.1. The third-order valence-corrected chi connectivity index (χ3v) is 4.58. The standard InChI is InChI=1S/C17H26N4/c1-14(21-10-6-3-7-11-21)12-18-13-16-15-8-4-5-9-17(15)20(2)19-16/h4-5,8-9,14,18H,3,6-7,10-13H2,1-2H3. The maximum atomic E-state index is 4.64. The fourth-order valence-electron chi connectivity index (χ4n) is 3.31. The number of nitrogens with one attached hydrogen (secondary N) is 1. The van der Waals surface area contributed by atoms with Crippen molar-refractivity contribution >= 4 is 10.9 Å². The van der Waals surface area contributed by atoms with Crippen LogP contribution >= 0.6 is 0 Å². The van der Waals surface area contributed by atoms with E-state index in [1.54, 1.807) is 0 Å². The zero-order valence-electron chi connectivity index (χ0n) is 13.2. The van der Waals surface area contributed by atoms with Crippen molar-refractivity contribution in [3.63, 3.8) is 0 Å². The van der Waals surface area contributed by atoms with E-state index in [0.29, 0.717) is 6.04 Å². The number of nitrogens with zero attached hydrogens (tertiary/aromatic N) is 3. The van der Waals surface area contributed by atoms with Crippen LogP contribution in [-0.2, 0) is 13.6 Å². The van der Waals surface area contributed by atoms with E-state index in [2.05, 4.69) is 46.5 Å². The maximum absolute atomic E-state index is 4.64. The molecular weight excluding hydrogens is 260 g/mol. The Morgan fingerprint density at radius 3 is 2.76 bits per heavy atom. The van der Waals surface area contributed by atoms with E-state index >= 15 is 0 Å². The van der Waals surface area contributed by atoms with Crippen molar-refractivity contribution in [3.05, 3.63) is 30.0 Å². The molecule has 21 heavy (non-hydrogen) atoms. The Labute approximate surface area is 127 Å². The van der Waals surface area contributed by atoms with Gasteiger partial charge in [-0.1, -0.05) is 24.6 Å². The average molecular weight is 286 g/mol. The number of para-hydroxylation sites is 1. The van der Waals surface area contributed by atoms with Crippen molar-refractivity contribution in [2.45, 2.75) is 38.8 Å². The van der Waals surface area contributed by atoms with Crippen LogP contribution in [0.2, 0.25) is 0 Å². The van der Waals surface area contributed by atoms with Crippen LogP contribution in [0.15, 0.2) is 24.3 Å². The van der Waals surface area contributed by atoms with Crippen LogP contribution in [0.1, 0.15) is 31.9 Å². The van der Waals surface area contributed by atoms with Crippen molar-refractivity contribution in [1.29, 1.82) is 0 Å². The van der Waals surface area contributed by atoms with Gasteiger partial charge >= 0.3 is 0 Å². The molecule has 0 saturated carbocycles. The second-order valence-electron chi connectivity index (χ2n) is 6.16. The molecule has 1 aromatic carbocycles. The summed E-state index contributed by atoms with van der Waals surface area (Å²) in [6.07, 6.45) is 4.11. The third kappa shape index (κ3) is 3.27. The highest BCUT2D eigenvalue weighted by Gasteiger charge is 2.16. The van der Waals surface area contributed by atoms with E-state index in [-0.39, 0.29) is 0 Å². The summed E-state index contributed by atoms with van der Waals surface area (Å²) in [5.41, 5.74) is 2.36. The molecular formula is C17H26N4. The first-order chi connectivity index (χ1) is 10.3. The minimum absolute atomic E-state index is 0.611. The van der Waals surface area contributed by atoms with Gasteiger partial charge in [-0.2, -0.15) is 5.10 Å². The van der Waals surface area contributed by atoms with E-state index in [1.807, 2.05) is 11.7 Å². The summed E-state index contributed by atoms with van der Waals surface area (Å²) < 4.78 is 1.97. The predicted octanol–water partition coefficient (Wildman–Crippen LogP) is 2.54. The van der Waals surface area contributed by atoms with E-state index < -0.39 is 0 Å². The molecule has 0 aliphatic carbocycles. The molecule has 3 rings (SSSR count). The molecule has 1 unspecified atom stereocenters. The number of hydrogen-bond acceptors (Lipinski definition) is 3. The highest BCUT2D eigenvalue weighted by Crippen LogP contribution is 2.17. The normalized spacial score (nSPS) is 18.2. The maximum Gasteiger partial charge on any atom is 0.0841 e. The van der Waals surface area contributed by atoms with Gasteiger partial charge in [0, 0.05) is 31.6 Å². The smallest absolute Gasteiger partial charge is 0.0841 e. The second-order valence-corrected chi connectivity index (χ2v) is 6.16. The minimum atomic E-state index is 0.611. The zero-order valence-corrected chi connectivity index (χ0v) is 13.2. The van der Waals surface area contributed by atoms with Gasteiger partial charge in [0.2, 0.25) is 0 Å². The van der Waals surface area contributed by atoms with Crippen LogP contribution in [0, 0.1) is 0 Å². The zero-order chi connectivity index (χ0) is 14.7. The molecule has 114 valence electrons. The highest BCUT2D eigenvalue weighted by molar-refractivity contribution is 5.81. The number of aryl methyl sites for hydroxylation is 1. The number of benzene rings is 1. The van der Waals surface area contributed by atoms with Gasteiger partial charge in [-0.15, -0.1) is 0 Å². The average Bonchev–Trinajstić information content (AvgIpc) is 2.85. The molecule has 1 N–H and O–H groups in total. The Morgan fingerprint density at radius 1 is 1.19 bits per heavy atom. The topological polar surface area (TPSA) is 33.1 Å².